The molecule has 1 saturated heterocycles. The first-order chi connectivity index (χ1) is 16.0. The number of alkyl halides is 1. The molecule has 0 bridgehead atoms. The molecular weight excluding hydrogens is 429 g/mol. The molecule has 172 valence electrons. The minimum absolute atomic E-state index is 0.0344. The number of rotatable bonds is 7. The molecule has 1 aromatic heterocycles. The number of hydrogen-bond donors (Lipinski definition) is 2. The fourth-order valence-electron chi connectivity index (χ4n) is 3.70. The molecule has 0 spiro atoms. The molecule has 1 aromatic carbocycles. The number of carbonyl (C=O) groups excluding carboxylic acids is 2. The highest BCUT2D eigenvalue weighted by Crippen LogP contribution is 2.31. The summed E-state index contributed by atoms with van der Waals surface area (Å²) >= 11 is 0. The van der Waals surface area contributed by atoms with Crippen molar-refractivity contribution < 1.29 is 23.8 Å². The number of nitriles is 1. The summed E-state index contributed by atoms with van der Waals surface area (Å²) in [7, 11) is 0. The van der Waals surface area contributed by atoms with Crippen molar-refractivity contribution in [2.45, 2.75) is 38.0 Å². The Morgan fingerprint density at radius 1 is 1.27 bits per heavy atom. The van der Waals surface area contributed by atoms with Gasteiger partial charge in [-0.3, -0.25) is 9.59 Å². The van der Waals surface area contributed by atoms with Gasteiger partial charge in [-0.05, 0) is 31.0 Å². The van der Waals surface area contributed by atoms with Crippen molar-refractivity contribution in [2.75, 3.05) is 25.0 Å². The van der Waals surface area contributed by atoms with E-state index in [1.165, 1.54) is 11.2 Å². The highest BCUT2D eigenvalue weighted by molar-refractivity contribution is 5.93. The Balaban J connectivity index is 1.45. The second-order valence-corrected chi connectivity index (χ2v) is 8.15. The van der Waals surface area contributed by atoms with Gasteiger partial charge in [0, 0.05) is 36.9 Å². The quantitative estimate of drug-likeness (QED) is 0.657. The second-order valence-electron chi connectivity index (χ2n) is 8.15. The molecule has 2 amide bonds. The summed E-state index contributed by atoms with van der Waals surface area (Å²) in [5.41, 5.74) is 1.38. The van der Waals surface area contributed by atoms with E-state index in [4.69, 9.17) is 9.84 Å². The van der Waals surface area contributed by atoms with E-state index < -0.39 is 12.3 Å². The van der Waals surface area contributed by atoms with Crippen LogP contribution in [0.1, 0.15) is 31.2 Å². The van der Waals surface area contributed by atoms with Crippen molar-refractivity contribution in [1.82, 2.24) is 14.9 Å². The summed E-state index contributed by atoms with van der Waals surface area (Å²) in [6.45, 7) is -0.0647. The highest BCUT2D eigenvalue weighted by Gasteiger charge is 2.33. The average molecular weight is 453 g/mol. The number of benzene rings is 1. The van der Waals surface area contributed by atoms with E-state index in [2.05, 4.69) is 21.4 Å². The summed E-state index contributed by atoms with van der Waals surface area (Å²) in [6, 6.07) is 8.60. The first-order valence-corrected chi connectivity index (χ1v) is 10.8. The number of nitrogens with one attached hydrogen (secondary N) is 1. The Kier molecular flexibility index (Phi) is 6.79. The predicted molar refractivity (Wildman–Crippen MR) is 116 cm³/mol. The third kappa shape index (κ3) is 5.43. The zero-order chi connectivity index (χ0) is 23.4. The third-order valence-electron chi connectivity index (χ3n) is 5.70. The lowest BCUT2D eigenvalue weighted by molar-refractivity contribution is -0.135. The normalized spacial score (nSPS) is 20.1. The van der Waals surface area contributed by atoms with Crippen molar-refractivity contribution >= 4 is 17.6 Å². The van der Waals surface area contributed by atoms with Crippen LogP contribution in [0.25, 0.3) is 11.3 Å². The summed E-state index contributed by atoms with van der Waals surface area (Å²) in [5.74, 6) is 0.326. The van der Waals surface area contributed by atoms with Gasteiger partial charge in [-0.2, -0.15) is 5.26 Å². The van der Waals surface area contributed by atoms with Crippen LogP contribution in [0.4, 0.5) is 10.2 Å². The van der Waals surface area contributed by atoms with Gasteiger partial charge in [0.25, 0.3) is 0 Å². The molecule has 9 nitrogen and oxygen atoms in total. The van der Waals surface area contributed by atoms with Crippen molar-refractivity contribution in [3.8, 4) is 23.1 Å². The molecular formula is C23H24FN5O4. The molecule has 1 aliphatic heterocycles. The predicted octanol–water partition coefficient (Wildman–Crippen LogP) is 2.06. The number of amides is 2. The van der Waals surface area contributed by atoms with Crippen molar-refractivity contribution in [1.29, 1.82) is 5.26 Å². The number of ether oxygens (including phenoxy) is 1. The number of piperidine rings is 1. The maximum absolute atomic E-state index is 14.7. The molecule has 1 aliphatic carbocycles. The van der Waals surface area contributed by atoms with Crippen LogP contribution < -0.4 is 10.1 Å². The number of anilines is 1. The number of aromatic nitrogens is 2. The topological polar surface area (TPSA) is 128 Å². The molecule has 4 rings (SSSR count). The molecule has 10 heteroatoms. The van der Waals surface area contributed by atoms with Crippen LogP contribution in [0.15, 0.2) is 30.6 Å². The van der Waals surface area contributed by atoms with Gasteiger partial charge in [-0.15, -0.1) is 0 Å². The minimum Gasteiger partial charge on any atom is -0.486 e. The lowest BCUT2D eigenvalue weighted by Gasteiger charge is -2.34. The fraction of sp³-hybridized carbons (Fsp3) is 0.435. The number of carbonyl (C=O) groups is 2. The zero-order valence-electron chi connectivity index (χ0n) is 17.9. The minimum atomic E-state index is -1.41. The van der Waals surface area contributed by atoms with Crippen LogP contribution in [0.3, 0.4) is 0 Å². The van der Waals surface area contributed by atoms with Crippen LogP contribution in [-0.4, -0.2) is 63.8 Å². The summed E-state index contributed by atoms with van der Waals surface area (Å²) in [6.07, 6.45) is 1.15. The number of likely N-dealkylation sites (tertiary alicyclic amines) is 1. The maximum atomic E-state index is 14.7. The first kappa shape index (κ1) is 22.6. The molecule has 2 atom stereocenters. The Morgan fingerprint density at radius 2 is 2.09 bits per heavy atom. The van der Waals surface area contributed by atoms with E-state index in [0.717, 1.165) is 12.8 Å². The van der Waals surface area contributed by atoms with Gasteiger partial charge in [0.15, 0.2) is 6.17 Å². The van der Waals surface area contributed by atoms with Crippen molar-refractivity contribution in [3.63, 3.8) is 0 Å². The third-order valence-corrected chi connectivity index (χ3v) is 5.70. The standard InChI is InChI=1S/C23H24FN5O4/c24-17-12-29(22(31)6-8-30)7-5-20(17)33-19-4-3-15(9-16(19)11-25)18-10-21(27-13-26-18)28-23(32)14-1-2-14/h3-4,9-10,13-14,17,20,30H,1-2,5-8,12H2,(H,26,27,28,32). The van der Waals surface area contributed by atoms with Crippen molar-refractivity contribution in [2.24, 2.45) is 5.92 Å². The maximum Gasteiger partial charge on any atom is 0.228 e. The molecule has 2 aromatic rings. The summed E-state index contributed by atoms with van der Waals surface area (Å²) < 4.78 is 20.5. The van der Waals surface area contributed by atoms with E-state index in [1.54, 1.807) is 24.3 Å². The number of halogens is 1. The molecule has 2 N–H and O–H groups in total. The second kappa shape index (κ2) is 9.92. The van der Waals surface area contributed by atoms with Gasteiger partial charge >= 0.3 is 0 Å². The van der Waals surface area contributed by atoms with Crippen molar-refractivity contribution in [3.05, 3.63) is 36.2 Å². The molecule has 0 radical (unpaired) electrons. The number of hydrogen-bond acceptors (Lipinski definition) is 7. The Hall–Kier alpha value is -3.58. The zero-order valence-corrected chi connectivity index (χ0v) is 17.9. The smallest absolute Gasteiger partial charge is 0.228 e. The summed E-state index contributed by atoms with van der Waals surface area (Å²) in [4.78, 5) is 33.5. The lowest BCUT2D eigenvalue weighted by atomic mass is 10.0. The lowest BCUT2D eigenvalue weighted by Crippen LogP contribution is -2.49. The summed E-state index contributed by atoms with van der Waals surface area (Å²) in [5, 5.41) is 21.3. The SMILES string of the molecule is N#Cc1cc(-c2cc(NC(=O)C3CC3)ncn2)ccc1OC1CCN(C(=O)CCO)CC1F. The number of nitrogens with zero attached hydrogens (tertiary/aromatic N) is 4. The van der Waals surface area contributed by atoms with Crippen LogP contribution in [-0.2, 0) is 9.59 Å². The van der Waals surface area contributed by atoms with E-state index in [-0.39, 0.29) is 55.0 Å². The molecule has 2 heterocycles. The van der Waals surface area contributed by atoms with Crippen LogP contribution in [0.5, 0.6) is 5.75 Å². The van der Waals surface area contributed by atoms with Gasteiger partial charge in [0.2, 0.25) is 11.8 Å². The van der Waals surface area contributed by atoms with Gasteiger partial charge in [-0.1, -0.05) is 0 Å². The van der Waals surface area contributed by atoms with Crippen LogP contribution in [0.2, 0.25) is 0 Å². The van der Waals surface area contributed by atoms with Gasteiger partial charge in [0.1, 0.15) is 30.1 Å². The van der Waals surface area contributed by atoms with E-state index >= 15 is 0 Å². The molecule has 2 aliphatic rings. The van der Waals surface area contributed by atoms with Crippen LogP contribution in [0, 0.1) is 17.2 Å². The monoisotopic (exact) mass is 453 g/mol. The molecule has 2 fully saturated rings. The highest BCUT2D eigenvalue weighted by atomic mass is 19.1. The number of aliphatic hydroxyl groups excluding tert-OH is 1. The Bertz CT molecular complexity index is 1080. The van der Waals surface area contributed by atoms with Gasteiger partial charge < -0.3 is 20.1 Å². The Morgan fingerprint density at radius 3 is 2.79 bits per heavy atom. The average Bonchev–Trinajstić information content (AvgIpc) is 3.66. The fourth-order valence-corrected chi connectivity index (χ4v) is 3.70. The van der Waals surface area contributed by atoms with E-state index in [0.29, 0.717) is 23.6 Å². The largest absolute Gasteiger partial charge is 0.486 e. The molecule has 2 unspecified atom stereocenters. The van der Waals surface area contributed by atoms with E-state index in [9.17, 15) is 19.2 Å². The van der Waals surface area contributed by atoms with Crippen LogP contribution >= 0.6 is 0 Å². The van der Waals surface area contributed by atoms with E-state index in [1.807, 2.05) is 0 Å². The number of aliphatic hydroxyl groups is 1. The molecule has 1 saturated carbocycles. The first-order valence-electron chi connectivity index (χ1n) is 10.8. The Labute approximate surface area is 190 Å². The van der Waals surface area contributed by atoms with Gasteiger partial charge in [0.05, 0.1) is 24.4 Å². The molecule has 33 heavy (non-hydrogen) atoms. The van der Waals surface area contributed by atoms with Gasteiger partial charge in [-0.25, -0.2) is 14.4 Å².